The van der Waals surface area contributed by atoms with Gasteiger partial charge in [0.05, 0.1) is 5.02 Å². The number of hydrogen-bond donors (Lipinski definition) is 1. The van der Waals surface area contributed by atoms with Gasteiger partial charge in [-0.05, 0) is 18.6 Å². The van der Waals surface area contributed by atoms with Gasteiger partial charge in [-0.25, -0.2) is 4.98 Å². The molecule has 0 bridgehead atoms. The van der Waals surface area contributed by atoms with Crippen molar-refractivity contribution in [3.63, 3.8) is 0 Å². The molecule has 0 saturated carbocycles. The lowest BCUT2D eigenvalue weighted by Gasteiger charge is -1.94. The zero-order valence-electron chi connectivity index (χ0n) is 6.45. The molecule has 62 valence electrons. The monoisotopic (exact) mass is 198 g/mol. The van der Waals surface area contributed by atoms with Crippen molar-refractivity contribution in [1.29, 1.82) is 0 Å². The fourth-order valence-electron chi connectivity index (χ4n) is 1.28. The van der Waals surface area contributed by atoms with E-state index in [2.05, 4.69) is 17.8 Å². The molecule has 2 nitrogen and oxygen atoms in total. The number of aromatic nitrogens is 2. The van der Waals surface area contributed by atoms with E-state index in [0.29, 0.717) is 0 Å². The topological polar surface area (TPSA) is 17.8 Å². The first-order valence-corrected chi connectivity index (χ1v) is 4.29. The quantitative estimate of drug-likeness (QED) is 0.645. The molecular weight excluding hydrogens is 192 g/mol. The minimum atomic E-state index is 0.727. The van der Waals surface area contributed by atoms with Crippen LogP contribution in [-0.4, -0.2) is 8.96 Å². The molecular formula is C8H7ClN2S. The summed E-state index contributed by atoms with van der Waals surface area (Å²) in [4.78, 5) is 4.16. The molecule has 2 heterocycles. The second-order valence-electron chi connectivity index (χ2n) is 2.65. The van der Waals surface area contributed by atoms with Crippen LogP contribution < -0.4 is 0 Å². The van der Waals surface area contributed by atoms with Gasteiger partial charge in [0.2, 0.25) is 0 Å². The summed E-state index contributed by atoms with van der Waals surface area (Å²) >= 11 is 10.2. The summed E-state index contributed by atoms with van der Waals surface area (Å²) in [7, 11) is 0. The Labute approximate surface area is 80.7 Å². The smallest absolute Gasteiger partial charge is 0.151 e. The highest BCUT2D eigenvalue weighted by Crippen LogP contribution is 2.26. The summed E-state index contributed by atoms with van der Waals surface area (Å²) in [6.07, 6.45) is 3.57. The summed E-state index contributed by atoms with van der Waals surface area (Å²) in [6, 6.07) is 1.78. The van der Waals surface area contributed by atoms with Crippen LogP contribution in [0.25, 0.3) is 11.0 Å². The number of pyridine rings is 1. The largest absolute Gasteiger partial charge is 0.278 e. The Morgan fingerprint density at radius 1 is 1.58 bits per heavy atom. The molecule has 0 aliphatic rings. The van der Waals surface area contributed by atoms with Crippen molar-refractivity contribution >= 4 is 35.4 Å². The van der Waals surface area contributed by atoms with Crippen molar-refractivity contribution in [3.05, 3.63) is 29.0 Å². The Bertz CT molecular complexity index is 436. The lowest BCUT2D eigenvalue weighted by atomic mass is 10.2. The Kier molecular flexibility index (Phi) is 1.77. The van der Waals surface area contributed by atoms with E-state index >= 15 is 0 Å². The third kappa shape index (κ3) is 1.01. The number of nitrogens with zero attached hydrogens (tertiary/aromatic N) is 2. The molecule has 2 aromatic heterocycles. The normalized spacial score (nSPS) is 10.9. The van der Waals surface area contributed by atoms with E-state index in [1.807, 2.05) is 13.1 Å². The number of hydrogen-bond acceptors (Lipinski definition) is 2. The average Bonchev–Trinajstić information content (AvgIpc) is 2.29. The number of fused-ring (bicyclic) bond motifs is 1. The van der Waals surface area contributed by atoms with Crippen LogP contribution in [0.2, 0.25) is 5.02 Å². The van der Waals surface area contributed by atoms with Gasteiger partial charge in [-0.3, -0.25) is 3.97 Å². The van der Waals surface area contributed by atoms with Gasteiger partial charge >= 0.3 is 0 Å². The highest BCUT2D eigenvalue weighted by Gasteiger charge is 2.06. The Morgan fingerprint density at radius 3 is 3.00 bits per heavy atom. The van der Waals surface area contributed by atoms with Gasteiger partial charge < -0.3 is 0 Å². The highest BCUT2D eigenvalue weighted by atomic mass is 35.5. The summed E-state index contributed by atoms with van der Waals surface area (Å²) < 4.78 is 1.68. The zero-order chi connectivity index (χ0) is 8.72. The molecule has 0 radical (unpaired) electrons. The maximum absolute atomic E-state index is 5.99. The average molecular weight is 199 g/mol. The minimum absolute atomic E-state index is 0.727. The van der Waals surface area contributed by atoms with Crippen molar-refractivity contribution in [3.8, 4) is 0 Å². The van der Waals surface area contributed by atoms with Gasteiger partial charge in [-0.2, -0.15) is 0 Å². The van der Waals surface area contributed by atoms with Gasteiger partial charge in [-0.15, -0.1) is 0 Å². The fraction of sp³-hybridized carbons (Fsp3) is 0.125. The standard InChI is InChI=1S/C8H7ClN2S/c1-5-4-11(12)8-7(5)6(9)2-3-10-8/h2-4,12H,1H3. The zero-order valence-corrected chi connectivity index (χ0v) is 8.10. The maximum atomic E-state index is 5.99. The Balaban J connectivity index is 2.99. The van der Waals surface area contributed by atoms with Crippen LogP contribution in [-0.2, 0) is 0 Å². The van der Waals surface area contributed by atoms with Crippen molar-refractivity contribution in [2.75, 3.05) is 0 Å². The molecule has 0 aromatic carbocycles. The van der Waals surface area contributed by atoms with E-state index in [-0.39, 0.29) is 0 Å². The van der Waals surface area contributed by atoms with Crippen LogP contribution in [0.4, 0.5) is 0 Å². The van der Waals surface area contributed by atoms with Gasteiger partial charge in [-0.1, -0.05) is 24.4 Å². The van der Waals surface area contributed by atoms with Gasteiger partial charge in [0.15, 0.2) is 5.65 Å². The van der Waals surface area contributed by atoms with Crippen molar-refractivity contribution in [1.82, 2.24) is 8.96 Å². The molecule has 0 unspecified atom stereocenters. The predicted octanol–water partition coefficient (Wildman–Crippen LogP) is 2.69. The van der Waals surface area contributed by atoms with E-state index in [9.17, 15) is 0 Å². The van der Waals surface area contributed by atoms with Crippen LogP contribution in [0, 0.1) is 6.92 Å². The second kappa shape index (κ2) is 2.68. The molecule has 0 amide bonds. The highest BCUT2D eigenvalue weighted by molar-refractivity contribution is 7.78. The number of aryl methyl sites for hydroxylation is 1. The fourth-order valence-corrected chi connectivity index (χ4v) is 1.89. The summed E-state index contributed by atoms with van der Waals surface area (Å²) in [5, 5.41) is 1.71. The molecule has 0 atom stereocenters. The lowest BCUT2D eigenvalue weighted by molar-refractivity contribution is 1.26. The molecule has 0 spiro atoms. The molecule has 0 N–H and O–H groups in total. The lowest BCUT2D eigenvalue weighted by Crippen LogP contribution is -1.80. The molecule has 0 saturated heterocycles. The minimum Gasteiger partial charge on any atom is -0.278 e. The van der Waals surface area contributed by atoms with E-state index in [1.54, 1.807) is 16.2 Å². The first kappa shape index (κ1) is 7.95. The molecule has 12 heavy (non-hydrogen) atoms. The van der Waals surface area contributed by atoms with Gasteiger partial charge in [0, 0.05) is 17.8 Å². The number of halogens is 1. The van der Waals surface area contributed by atoms with E-state index in [1.165, 1.54) is 0 Å². The van der Waals surface area contributed by atoms with Crippen molar-refractivity contribution in [2.24, 2.45) is 0 Å². The molecule has 4 heteroatoms. The second-order valence-corrected chi connectivity index (χ2v) is 3.49. The Morgan fingerprint density at radius 2 is 2.33 bits per heavy atom. The summed E-state index contributed by atoms with van der Waals surface area (Å²) in [6.45, 7) is 1.99. The third-order valence-corrected chi connectivity index (χ3v) is 2.43. The van der Waals surface area contributed by atoms with E-state index in [0.717, 1.165) is 21.6 Å². The van der Waals surface area contributed by atoms with Crippen LogP contribution >= 0.6 is 24.4 Å². The molecule has 0 aliphatic heterocycles. The maximum Gasteiger partial charge on any atom is 0.151 e. The van der Waals surface area contributed by atoms with E-state index < -0.39 is 0 Å². The van der Waals surface area contributed by atoms with Crippen LogP contribution in [0.3, 0.4) is 0 Å². The molecule has 0 fully saturated rings. The molecule has 2 rings (SSSR count). The van der Waals surface area contributed by atoms with Crippen LogP contribution in [0.1, 0.15) is 5.56 Å². The first-order chi connectivity index (χ1) is 5.70. The molecule has 2 aromatic rings. The summed E-state index contributed by atoms with van der Waals surface area (Å²) in [5.74, 6) is 0. The Hall–Kier alpha value is -0.670. The molecule has 0 aliphatic carbocycles. The van der Waals surface area contributed by atoms with Crippen molar-refractivity contribution in [2.45, 2.75) is 6.92 Å². The van der Waals surface area contributed by atoms with Gasteiger partial charge in [0.25, 0.3) is 0 Å². The summed E-state index contributed by atoms with van der Waals surface area (Å²) in [5.41, 5.74) is 1.90. The first-order valence-electron chi connectivity index (χ1n) is 3.51. The number of rotatable bonds is 0. The SMILES string of the molecule is Cc1cn(S)c2nccc(Cl)c12. The van der Waals surface area contributed by atoms with Crippen LogP contribution in [0.15, 0.2) is 18.5 Å². The third-order valence-electron chi connectivity index (χ3n) is 1.81. The van der Waals surface area contributed by atoms with E-state index in [4.69, 9.17) is 11.6 Å². The van der Waals surface area contributed by atoms with Gasteiger partial charge in [0.1, 0.15) is 0 Å². The van der Waals surface area contributed by atoms with Crippen LogP contribution in [0.5, 0.6) is 0 Å². The number of thiol groups is 1. The van der Waals surface area contributed by atoms with Crippen molar-refractivity contribution < 1.29 is 0 Å². The predicted molar refractivity (Wildman–Crippen MR) is 53.9 cm³/mol.